The summed E-state index contributed by atoms with van der Waals surface area (Å²) in [5, 5.41) is 29.4. The van der Waals surface area contributed by atoms with Crippen LogP contribution in [-0.2, 0) is 14.4 Å². The molecule has 1 fully saturated rings. The molecule has 3 N–H and O–H groups in total. The van der Waals surface area contributed by atoms with Gasteiger partial charge in [-0.1, -0.05) is 29.3 Å². The molecule has 2 rings (SSSR count). The Morgan fingerprint density at radius 1 is 1.17 bits per heavy atom. The van der Waals surface area contributed by atoms with E-state index in [9.17, 15) is 29.7 Å². The van der Waals surface area contributed by atoms with Crippen LogP contribution in [0.2, 0.25) is 10.0 Å². The van der Waals surface area contributed by atoms with Gasteiger partial charge in [-0.25, -0.2) is 0 Å². The molecule has 8 heteroatoms. The van der Waals surface area contributed by atoms with Gasteiger partial charge in [0.15, 0.2) is 5.78 Å². The fourth-order valence-corrected chi connectivity index (χ4v) is 3.88. The molecular formula is C15H14Cl2O6. The van der Waals surface area contributed by atoms with Crippen LogP contribution in [0, 0.1) is 11.8 Å². The van der Waals surface area contributed by atoms with Gasteiger partial charge < -0.3 is 15.3 Å². The van der Waals surface area contributed by atoms with Crippen molar-refractivity contribution in [1.29, 1.82) is 0 Å². The average molecular weight is 361 g/mol. The standard InChI is InChI=1S/C15H14Cl2O6/c1-15(23)5-8(18)10(13(19)20)11(12(15)14(21)22)9-6(16)3-2-4-7(9)17/h2-4,10-12,23H,5H2,1H3,(H,19,20)(H,21,22). The summed E-state index contributed by atoms with van der Waals surface area (Å²) in [5.74, 6) is -8.22. The molecule has 4 atom stereocenters. The Bertz CT molecular complexity index is 664. The molecule has 1 saturated carbocycles. The Hall–Kier alpha value is -1.63. The fourth-order valence-electron chi connectivity index (χ4n) is 3.23. The third-order valence-corrected chi connectivity index (χ3v) is 4.79. The lowest BCUT2D eigenvalue weighted by Crippen LogP contribution is -2.54. The number of halogens is 2. The van der Waals surface area contributed by atoms with Crippen molar-refractivity contribution >= 4 is 40.9 Å². The van der Waals surface area contributed by atoms with Gasteiger partial charge in [-0.15, -0.1) is 0 Å². The molecule has 1 aliphatic rings. The van der Waals surface area contributed by atoms with Crippen molar-refractivity contribution in [3.05, 3.63) is 33.8 Å². The molecule has 1 aromatic rings. The Kier molecular flexibility index (Phi) is 4.71. The van der Waals surface area contributed by atoms with Crippen LogP contribution >= 0.6 is 23.2 Å². The zero-order valence-electron chi connectivity index (χ0n) is 12.0. The SMILES string of the molecule is CC1(O)CC(=O)C(C(=O)O)C(c2c(Cl)cccc2Cl)C1C(=O)O. The van der Waals surface area contributed by atoms with E-state index in [1.165, 1.54) is 25.1 Å². The van der Waals surface area contributed by atoms with Crippen LogP contribution in [0.25, 0.3) is 0 Å². The van der Waals surface area contributed by atoms with E-state index in [0.717, 1.165) is 0 Å². The number of hydrogen-bond acceptors (Lipinski definition) is 4. The van der Waals surface area contributed by atoms with Gasteiger partial charge in [-0.2, -0.15) is 0 Å². The summed E-state index contributed by atoms with van der Waals surface area (Å²) >= 11 is 12.2. The highest BCUT2D eigenvalue weighted by molar-refractivity contribution is 6.36. The maximum atomic E-state index is 12.2. The third kappa shape index (κ3) is 3.06. The zero-order valence-corrected chi connectivity index (χ0v) is 13.5. The third-order valence-electron chi connectivity index (χ3n) is 4.13. The minimum Gasteiger partial charge on any atom is -0.481 e. The maximum absolute atomic E-state index is 12.2. The monoisotopic (exact) mass is 360 g/mol. The summed E-state index contributed by atoms with van der Waals surface area (Å²) in [6.45, 7) is 1.19. The predicted molar refractivity (Wildman–Crippen MR) is 81.7 cm³/mol. The molecule has 23 heavy (non-hydrogen) atoms. The number of carboxylic acids is 2. The number of carbonyl (C=O) groups is 3. The Morgan fingerprint density at radius 3 is 2.13 bits per heavy atom. The molecule has 6 nitrogen and oxygen atoms in total. The van der Waals surface area contributed by atoms with E-state index in [2.05, 4.69) is 0 Å². The Balaban J connectivity index is 2.75. The molecule has 4 unspecified atom stereocenters. The first kappa shape index (κ1) is 17.7. The van der Waals surface area contributed by atoms with E-state index >= 15 is 0 Å². The smallest absolute Gasteiger partial charge is 0.314 e. The summed E-state index contributed by atoms with van der Waals surface area (Å²) < 4.78 is 0. The van der Waals surface area contributed by atoms with Gasteiger partial charge in [0.05, 0.1) is 11.5 Å². The van der Waals surface area contributed by atoms with Crippen LogP contribution < -0.4 is 0 Å². The molecule has 0 aromatic heterocycles. The summed E-state index contributed by atoms with van der Waals surface area (Å²) in [5.41, 5.74) is -1.87. The summed E-state index contributed by atoms with van der Waals surface area (Å²) in [4.78, 5) is 35.5. The molecule has 1 aromatic carbocycles. The molecule has 0 aliphatic heterocycles. The largest absolute Gasteiger partial charge is 0.481 e. The van der Waals surface area contributed by atoms with Gasteiger partial charge in [0.2, 0.25) is 0 Å². The van der Waals surface area contributed by atoms with Gasteiger partial charge in [0.25, 0.3) is 0 Å². The number of rotatable bonds is 3. The first-order valence-electron chi connectivity index (χ1n) is 6.72. The molecule has 1 aliphatic carbocycles. The van der Waals surface area contributed by atoms with E-state index in [-0.39, 0.29) is 15.6 Å². The molecule has 124 valence electrons. The van der Waals surface area contributed by atoms with E-state index in [1.807, 2.05) is 0 Å². The van der Waals surface area contributed by atoms with Crippen LogP contribution in [0.5, 0.6) is 0 Å². The number of Topliss-reactive ketones (excluding diaryl/α,β-unsaturated/α-hetero) is 1. The van der Waals surface area contributed by atoms with E-state index in [4.69, 9.17) is 23.2 Å². The van der Waals surface area contributed by atoms with Crippen LogP contribution in [0.4, 0.5) is 0 Å². The molecule has 0 saturated heterocycles. The number of hydrogen-bond donors (Lipinski definition) is 3. The lowest BCUT2D eigenvalue weighted by Gasteiger charge is -2.42. The van der Waals surface area contributed by atoms with E-state index in [0.29, 0.717) is 0 Å². The maximum Gasteiger partial charge on any atom is 0.314 e. The Labute approximate surface area is 141 Å². The van der Waals surface area contributed by atoms with Gasteiger partial charge in [0, 0.05) is 22.4 Å². The number of ketones is 1. The van der Waals surface area contributed by atoms with Crippen molar-refractivity contribution in [2.24, 2.45) is 11.8 Å². The van der Waals surface area contributed by atoms with Crippen molar-refractivity contribution in [2.75, 3.05) is 0 Å². The lowest BCUT2D eigenvalue weighted by atomic mass is 9.62. The van der Waals surface area contributed by atoms with Crippen molar-refractivity contribution in [3.63, 3.8) is 0 Å². The topological polar surface area (TPSA) is 112 Å². The molecule has 0 heterocycles. The van der Waals surface area contributed by atoms with Gasteiger partial charge in [0.1, 0.15) is 5.92 Å². The minimum atomic E-state index is -1.91. The van der Waals surface area contributed by atoms with Crippen LogP contribution in [0.1, 0.15) is 24.8 Å². The summed E-state index contributed by atoms with van der Waals surface area (Å²) in [6, 6.07) is 4.37. The van der Waals surface area contributed by atoms with Crippen molar-refractivity contribution < 1.29 is 29.7 Å². The fraction of sp³-hybridized carbons (Fsp3) is 0.400. The predicted octanol–water partition coefficient (Wildman–Crippen LogP) is 2.20. The number of carboxylic acid groups (broad SMARTS) is 2. The van der Waals surface area contributed by atoms with Crippen LogP contribution in [-0.4, -0.2) is 38.6 Å². The number of aliphatic hydroxyl groups is 1. The van der Waals surface area contributed by atoms with Gasteiger partial charge in [-0.05, 0) is 24.6 Å². The average Bonchev–Trinajstić information content (AvgIpc) is 2.35. The molecule has 0 amide bonds. The molecule has 0 radical (unpaired) electrons. The quantitative estimate of drug-likeness (QED) is 0.712. The second-order valence-corrected chi connectivity index (χ2v) is 6.61. The lowest BCUT2D eigenvalue weighted by molar-refractivity contribution is -0.167. The Morgan fingerprint density at radius 2 is 1.70 bits per heavy atom. The number of aliphatic carboxylic acids is 2. The summed E-state index contributed by atoms with van der Waals surface area (Å²) in [7, 11) is 0. The number of benzene rings is 1. The van der Waals surface area contributed by atoms with Crippen LogP contribution in [0.3, 0.4) is 0 Å². The van der Waals surface area contributed by atoms with E-state index in [1.54, 1.807) is 0 Å². The molecular weight excluding hydrogens is 347 g/mol. The van der Waals surface area contributed by atoms with Crippen molar-refractivity contribution in [1.82, 2.24) is 0 Å². The minimum absolute atomic E-state index is 0.0453. The van der Waals surface area contributed by atoms with E-state index < -0.39 is 47.5 Å². The first-order chi connectivity index (χ1) is 10.6. The normalized spacial score (nSPS) is 31.0. The molecule has 0 spiro atoms. The van der Waals surface area contributed by atoms with Crippen molar-refractivity contribution in [3.8, 4) is 0 Å². The number of carbonyl (C=O) groups excluding carboxylic acids is 1. The highest BCUT2D eigenvalue weighted by Crippen LogP contribution is 2.49. The molecule has 0 bridgehead atoms. The van der Waals surface area contributed by atoms with Crippen LogP contribution in [0.15, 0.2) is 18.2 Å². The van der Waals surface area contributed by atoms with Gasteiger partial charge in [-0.3, -0.25) is 14.4 Å². The second-order valence-electron chi connectivity index (χ2n) is 5.79. The van der Waals surface area contributed by atoms with Crippen molar-refractivity contribution in [2.45, 2.75) is 24.9 Å². The van der Waals surface area contributed by atoms with Gasteiger partial charge >= 0.3 is 11.9 Å². The highest BCUT2D eigenvalue weighted by atomic mass is 35.5. The first-order valence-corrected chi connectivity index (χ1v) is 7.48. The summed E-state index contributed by atoms with van der Waals surface area (Å²) in [6.07, 6.45) is -0.570. The highest BCUT2D eigenvalue weighted by Gasteiger charge is 2.57. The second kappa shape index (κ2) is 6.11. The zero-order chi connectivity index (χ0) is 17.5.